The van der Waals surface area contributed by atoms with Crippen LogP contribution in [0.15, 0.2) is 48.5 Å². The molecular weight excluding hydrogens is 498 g/mol. The third-order valence-corrected chi connectivity index (χ3v) is 8.14. The molecule has 38 heavy (non-hydrogen) atoms. The SMILES string of the molecule is CC(C)(C)c1ccc2nc3ccc(=[N+]4C(=O)c5cc6c(cc5C4=O)C(=O)N(C(C)(C)C)C6=O)cc-3sc2c1. The van der Waals surface area contributed by atoms with Crippen LogP contribution in [-0.2, 0) is 5.41 Å². The largest absolute Gasteiger partial charge is 0.429 e. The maximum absolute atomic E-state index is 13.5. The summed E-state index contributed by atoms with van der Waals surface area (Å²) in [5.74, 6) is -1.95. The lowest BCUT2D eigenvalue weighted by molar-refractivity contribution is 0.0507. The molecule has 3 aliphatic heterocycles. The van der Waals surface area contributed by atoms with Gasteiger partial charge in [0.2, 0.25) is 5.36 Å². The van der Waals surface area contributed by atoms with E-state index in [1.54, 1.807) is 50.3 Å². The molecule has 0 saturated carbocycles. The number of fused-ring (bicyclic) bond motifs is 4. The average Bonchev–Trinajstić information content (AvgIpc) is 3.24. The van der Waals surface area contributed by atoms with Crippen LogP contribution in [-0.4, -0.2) is 39.1 Å². The summed E-state index contributed by atoms with van der Waals surface area (Å²) in [6, 6.07) is 14.3. The van der Waals surface area contributed by atoms with Crippen LogP contribution in [0.25, 0.3) is 20.8 Å². The highest BCUT2D eigenvalue weighted by molar-refractivity contribution is 7.21. The van der Waals surface area contributed by atoms with Gasteiger partial charge in [-0.2, -0.15) is 0 Å². The van der Waals surface area contributed by atoms with E-state index in [-0.39, 0.29) is 27.7 Å². The van der Waals surface area contributed by atoms with Crippen LogP contribution in [0.2, 0.25) is 0 Å². The molecule has 0 fully saturated rings. The quantitative estimate of drug-likeness (QED) is 0.186. The predicted molar refractivity (Wildman–Crippen MR) is 146 cm³/mol. The minimum atomic E-state index is -0.726. The second-order valence-corrected chi connectivity index (χ2v) is 12.9. The number of benzene rings is 3. The fourth-order valence-electron chi connectivity index (χ4n) is 5.04. The van der Waals surface area contributed by atoms with Crippen molar-refractivity contribution in [2.24, 2.45) is 0 Å². The predicted octanol–water partition coefficient (Wildman–Crippen LogP) is 4.86. The van der Waals surface area contributed by atoms with Gasteiger partial charge in [-0.05, 0) is 62.1 Å². The number of hydrogen-bond donors (Lipinski definition) is 0. The van der Waals surface area contributed by atoms with E-state index < -0.39 is 29.2 Å². The summed E-state index contributed by atoms with van der Waals surface area (Å²) in [7, 11) is 0. The molecule has 1 aliphatic carbocycles. The van der Waals surface area contributed by atoms with Crippen molar-refractivity contribution in [3.63, 3.8) is 0 Å². The van der Waals surface area contributed by atoms with E-state index >= 15 is 0 Å². The van der Waals surface area contributed by atoms with Gasteiger partial charge in [-0.15, -0.1) is 11.3 Å². The Labute approximate surface area is 223 Å². The van der Waals surface area contributed by atoms with E-state index in [9.17, 15) is 19.2 Å². The maximum atomic E-state index is 13.5. The zero-order chi connectivity index (χ0) is 27.3. The molecule has 4 amide bonds. The summed E-state index contributed by atoms with van der Waals surface area (Å²) in [4.78, 5) is 59.8. The maximum Gasteiger partial charge on any atom is 0.429 e. The minimum absolute atomic E-state index is 0.00908. The van der Waals surface area contributed by atoms with Gasteiger partial charge in [-0.25, -0.2) is 14.6 Å². The highest BCUT2D eigenvalue weighted by Crippen LogP contribution is 2.34. The Balaban J connectivity index is 1.50. The smallest absolute Gasteiger partial charge is 0.269 e. The van der Waals surface area contributed by atoms with Crippen LogP contribution in [0, 0.1) is 0 Å². The van der Waals surface area contributed by atoms with E-state index in [0.29, 0.717) is 5.36 Å². The summed E-state index contributed by atoms with van der Waals surface area (Å²) in [6.45, 7) is 11.8. The summed E-state index contributed by atoms with van der Waals surface area (Å²) in [5, 5.41) is 0.419. The van der Waals surface area contributed by atoms with E-state index in [1.807, 2.05) is 6.07 Å². The molecule has 7 nitrogen and oxygen atoms in total. The Morgan fingerprint density at radius 2 is 1.34 bits per heavy atom. The molecule has 8 heteroatoms. The molecule has 0 aromatic heterocycles. The van der Waals surface area contributed by atoms with Gasteiger partial charge in [0.05, 0.1) is 31.9 Å². The van der Waals surface area contributed by atoms with Gasteiger partial charge in [-0.3, -0.25) is 14.5 Å². The van der Waals surface area contributed by atoms with Crippen molar-refractivity contribution < 1.29 is 19.2 Å². The lowest BCUT2D eigenvalue weighted by atomic mass is 9.87. The normalized spacial score (nSPS) is 15.7. The van der Waals surface area contributed by atoms with Crippen molar-refractivity contribution in [2.45, 2.75) is 52.5 Å². The molecule has 6 rings (SSSR count). The number of aromatic nitrogens is 1. The first-order valence-electron chi connectivity index (χ1n) is 12.4. The Kier molecular flexibility index (Phi) is 4.95. The van der Waals surface area contributed by atoms with Gasteiger partial charge in [0, 0.05) is 17.7 Å². The van der Waals surface area contributed by atoms with Crippen LogP contribution >= 0.6 is 11.3 Å². The Bertz CT molecular complexity index is 1760. The number of imide groups is 2. The molecule has 0 bridgehead atoms. The molecule has 0 atom stereocenters. The molecule has 3 heterocycles. The minimum Gasteiger partial charge on any atom is -0.269 e. The second-order valence-electron chi connectivity index (χ2n) is 11.8. The van der Waals surface area contributed by atoms with Gasteiger partial charge in [-0.1, -0.05) is 31.4 Å². The second kappa shape index (κ2) is 7.74. The summed E-state index contributed by atoms with van der Waals surface area (Å²) >= 11 is 1.55. The van der Waals surface area contributed by atoms with Crippen LogP contribution in [0.3, 0.4) is 0 Å². The number of nitrogens with zero attached hydrogens (tertiary/aromatic N) is 3. The number of rotatable bonds is 0. The molecule has 0 unspecified atom stereocenters. The fraction of sp³-hybridized carbons (Fsp3) is 0.267. The number of carbonyl (C=O) groups is 4. The van der Waals surface area contributed by atoms with Crippen molar-refractivity contribution in [3.8, 4) is 10.6 Å². The van der Waals surface area contributed by atoms with Gasteiger partial charge in [0.25, 0.3) is 11.8 Å². The molecule has 4 aliphatic rings. The first-order chi connectivity index (χ1) is 17.8. The fourth-order valence-corrected chi connectivity index (χ4v) is 6.08. The van der Waals surface area contributed by atoms with Crippen molar-refractivity contribution in [2.75, 3.05) is 0 Å². The molecule has 0 radical (unpaired) electrons. The number of carbonyl (C=O) groups excluding carboxylic acids is 4. The Hall–Kier alpha value is -4.04. The monoisotopic (exact) mass is 524 g/mol. The van der Waals surface area contributed by atoms with Crippen LogP contribution in [0.4, 0.5) is 0 Å². The molecular formula is C30H26N3O4S+. The van der Waals surface area contributed by atoms with Crippen molar-refractivity contribution >= 4 is 45.2 Å². The van der Waals surface area contributed by atoms with Crippen molar-refractivity contribution in [1.29, 1.82) is 0 Å². The summed E-state index contributed by atoms with van der Waals surface area (Å²) in [5.41, 5.74) is 2.67. The molecule has 2 aromatic rings. The van der Waals surface area contributed by atoms with E-state index in [1.165, 1.54) is 22.6 Å². The first-order valence-corrected chi connectivity index (χ1v) is 13.2. The zero-order valence-corrected chi connectivity index (χ0v) is 22.8. The van der Waals surface area contributed by atoms with Crippen LogP contribution in [0.5, 0.6) is 0 Å². The van der Waals surface area contributed by atoms with Gasteiger partial charge < -0.3 is 0 Å². The van der Waals surface area contributed by atoms with E-state index in [2.05, 4.69) is 32.9 Å². The molecule has 190 valence electrons. The third-order valence-electron chi connectivity index (χ3n) is 7.05. The lowest BCUT2D eigenvalue weighted by Gasteiger charge is -2.29. The van der Waals surface area contributed by atoms with Crippen LogP contribution < -0.4 is 9.93 Å². The average molecular weight is 525 g/mol. The summed E-state index contributed by atoms with van der Waals surface area (Å²) in [6.07, 6.45) is 0. The molecule has 0 spiro atoms. The summed E-state index contributed by atoms with van der Waals surface area (Å²) < 4.78 is 2.12. The van der Waals surface area contributed by atoms with Gasteiger partial charge >= 0.3 is 11.8 Å². The van der Waals surface area contributed by atoms with E-state index in [4.69, 9.17) is 4.98 Å². The van der Waals surface area contributed by atoms with Gasteiger partial charge in [0.1, 0.15) is 11.1 Å². The molecule has 2 aromatic carbocycles. The number of amides is 4. The molecule has 0 N–H and O–H groups in total. The molecule has 0 saturated heterocycles. The highest BCUT2D eigenvalue weighted by Gasteiger charge is 2.48. The lowest BCUT2D eigenvalue weighted by Crippen LogP contribution is -2.45. The van der Waals surface area contributed by atoms with Crippen molar-refractivity contribution in [3.05, 3.63) is 81.7 Å². The van der Waals surface area contributed by atoms with Crippen LogP contribution in [0.1, 0.15) is 88.5 Å². The topological polar surface area (TPSA) is 87.4 Å². The highest BCUT2D eigenvalue weighted by atomic mass is 32.1. The van der Waals surface area contributed by atoms with Gasteiger partial charge in [0.15, 0.2) is 0 Å². The Morgan fingerprint density at radius 3 is 1.89 bits per heavy atom. The zero-order valence-electron chi connectivity index (χ0n) is 22.0. The number of hydrogen-bond acceptors (Lipinski definition) is 6. The van der Waals surface area contributed by atoms with E-state index in [0.717, 1.165) is 25.4 Å². The Morgan fingerprint density at radius 1 is 0.737 bits per heavy atom. The standard InChI is InChI=1S/C30H26N3O4S/c1-29(2,3)15-7-9-21-23(11-15)38-24-12-16(8-10-22(24)31-21)32-25(34)17-13-19-20(14-18(17)26(32)35)28(37)33(27(19)36)30(4,5)6/h7-14H,1-6H3/q+1. The third kappa shape index (κ3) is 3.47. The first kappa shape index (κ1) is 24.3. The van der Waals surface area contributed by atoms with Crippen molar-refractivity contribution in [1.82, 2.24) is 14.5 Å².